The van der Waals surface area contributed by atoms with E-state index in [2.05, 4.69) is 106 Å². The number of hydrogen-bond acceptors (Lipinski definition) is 3. The highest BCUT2D eigenvalue weighted by atomic mass is 15.0. The Hall–Kier alpha value is -7.13. The van der Waals surface area contributed by atoms with Gasteiger partial charge in [-0.1, -0.05) is 91.0 Å². The normalized spacial score (nSPS) is 13.6. The van der Waals surface area contributed by atoms with Gasteiger partial charge in [0.15, 0.2) is 0 Å². The summed E-state index contributed by atoms with van der Waals surface area (Å²) in [5.74, 6) is -0.165. The first kappa shape index (κ1) is 29.0. The Morgan fingerprint density at radius 2 is 1.20 bits per heavy atom. The van der Waals surface area contributed by atoms with Crippen molar-refractivity contribution in [3.8, 4) is 51.8 Å². The number of aromatic nitrogens is 2. The van der Waals surface area contributed by atoms with E-state index in [4.69, 9.17) is 0 Å². The van der Waals surface area contributed by atoms with Gasteiger partial charge in [0.25, 0.3) is 0 Å². The molecule has 50 heavy (non-hydrogen) atoms. The van der Waals surface area contributed by atoms with E-state index in [1.165, 1.54) is 5.56 Å². The van der Waals surface area contributed by atoms with Crippen LogP contribution in [0.5, 0.6) is 0 Å². The molecule has 1 unspecified atom stereocenters. The van der Waals surface area contributed by atoms with Crippen LogP contribution < -0.4 is 0 Å². The summed E-state index contributed by atoms with van der Waals surface area (Å²) in [7, 11) is 0. The fourth-order valence-electron chi connectivity index (χ4n) is 7.70. The van der Waals surface area contributed by atoms with Crippen molar-refractivity contribution in [1.29, 1.82) is 15.8 Å². The van der Waals surface area contributed by atoms with Gasteiger partial charge < -0.3 is 9.13 Å². The second kappa shape index (κ2) is 11.5. The molecule has 5 heteroatoms. The molecule has 8 aromatic rings. The van der Waals surface area contributed by atoms with Crippen LogP contribution in [0.25, 0.3) is 72.4 Å². The molecule has 1 atom stereocenters. The lowest BCUT2D eigenvalue weighted by atomic mass is 9.91. The van der Waals surface area contributed by atoms with E-state index in [0.717, 1.165) is 72.0 Å². The Labute approximate surface area is 289 Å². The summed E-state index contributed by atoms with van der Waals surface area (Å²) in [5, 5.41) is 33.6. The molecule has 2 heterocycles. The number of para-hydroxylation sites is 4. The van der Waals surface area contributed by atoms with Crippen LogP contribution in [0.2, 0.25) is 0 Å². The minimum absolute atomic E-state index is 0.165. The lowest BCUT2D eigenvalue weighted by molar-refractivity contribution is 0.809. The number of benzene rings is 6. The Morgan fingerprint density at radius 3 is 1.90 bits per heavy atom. The number of allylic oxidation sites excluding steroid dienone is 1. The first-order valence-corrected chi connectivity index (χ1v) is 16.6. The van der Waals surface area contributed by atoms with E-state index in [-0.39, 0.29) is 5.92 Å². The van der Waals surface area contributed by atoms with Gasteiger partial charge in [0, 0.05) is 27.4 Å². The van der Waals surface area contributed by atoms with Gasteiger partial charge in [-0.25, -0.2) is 0 Å². The Morgan fingerprint density at radius 1 is 0.540 bits per heavy atom. The van der Waals surface area contributed by atoms with Crippen molar-refractivity contribution < 1.29 is 0 Å². The topological polar surface area (TPSA) is 81.2 Å². The Balaban J connectivity index is 1.30. The quantitative estimate of drug-likeness (QED) is 0.193. The number of fused-ring (bicyclic) bond motifs is 6. The second-order valence-electron chi connectivity index (χ2n) is 12.6. The molecule has 0 saturated carbocycles. The standard InChI is InChI=1S/C45H27N5/c46-26-29-17-21-33(34-9-1-5-13-40(34)49-43-16-8-4-12-37(43)39-24-30(27-47)18-22-44(39)49)38(23-29)31-19-20-32(28-48)45(25-31)50-41-14-6-2-10-35(41)36-11-3-7-15-42(36)50/h1-23,25,30H,24H2. The van der Waals surface area contributed by atoms with E-state index in [9.17, 15) is 15.8 Å². The summed E-state index contributed by atoms with van der Waals surface area (Å²) in [6, 6.07) is 52.3. The van der Waals surface area contributed by atoms with Crippen LogP contribution in [0.1, 0.15) is 22.4 Å². The molecule has 0 amide bonds. The van der Waals surface area contributed by atoms with Crippen molar-refractivity contribution >= 4 is 38.8 Å². The highest BCUT2D eigenvalue weighted by molar-refractivity contribution is 6.09. The molecule has 1 aliphatic carbocycles. The van der Waals surface area contributed by atoms with E-state index in [1.807, 2.05) is 66.7 Å². The maximum Gasteiger partial charge on any atom is 0.101 e. The zero-order valence-electron chi connectivity index (χ0n) is 26.9. The van der Waals surface area contributed by atoms with Crippen molar-refractivity contribution in [3.05, 3.63) is 162 Å². The Kier molecular flexibility index (Phi) is 6.70. The number of nitrogens with zero attached hydrogens (tertiary/aromatic N) is 5. The molecule has 0 radical (unpaired) electrons. The number of nitriles is 3. The van der Waals surface area contributed by atoms with Gasteiger partial charge in [0.1, 0.15) is 6.07 Å². The van der Waals surface area contributed by atoms with Crippen molar-refractivity contribution in [2.75, 3.05) is 0 Å². The molecule has 232 valence electrons. The minimum atomic E-state index is -0.165. The van der Waals surface area contributed by atoms with Crippen LogP contribution >= 0.6 is 0 Å². The maximum absolute atomic E-state index is 10.4. The smallest absolute Gasteiger partial charge is 0.101 e. The Bertz CT molecular complexity index is 2790. The average molecular weight is 638 g/mol. The molecule has 9 rings (SSSR count). The van der Waals surface area contributed by atoms with Gasteiger partial charge in [0.2, 0.25) is 0 Å². The number of hydrogen-bond donors (Lipinski definition) is 0. The molecule has 0 fully saturated rings. The molecule has 0 N–H and O–H groups in total. The zero-order valence-corrected chi connectivity index (χ0v) is 26.9. The summed E-state index contributed by atoms with van der Waals surface area (Å²) in [5.41, 5.74) is 12.1. The molecule has 6 aromatic carbocycles. The van der Waals surface area contributed by atoms with E-state index in [1.54, 1.807) is 0 Å². The highest BCUT2D eigenvalue weighted by Crippen LogP contribution is 2.42. The summed E-state index contributed by atoms with van der Waals surface area (Å²) in [6.07, 6.45) is 4.75. The van der Waals surface area contributed by atoms with Gasteiger partial charge in [-0.3, -0.25) is 0 Å². The van der Waals surface area contributed by atoms with Crippen molar-refractivity contribution in [1.82, 2.24) is 9.13 Å². The lowest BCUT2D eigenvalue weighted by Gasteiger charge is -2.20. The molecule has 5 nitrogen and oxygen atoms in total. The molecule has 1 aliphatic rings. The second-order valence-corrected chi connectivity index (χ2v) is 12.6. The first-order chi connectivity index (χ1) is 24.7. The third kappa shape index (κ3) is 4.37. The largest absolute Gasteiger partial charge is 0.309 e. The first-order valence-electron chi connectivity index (χ1n) is 16.6. The molecule has 2 aromatic heterocycles. The highest BCUT2D eigenvalue weighted by Gasteiger charge is 2.24. The van der Waals surface area contributed by atoms with Gasteiger partial charge in [-0.15, -0.1) is 0 Å². The third-order valence-electron chi connectivity index (χ3n) is 9.93. The van der Waals surface area contributed by atoms with Crippen LogP contribution in [-0.4, -0.2) is 9.13 Å². The van der Waals surface area contributed by atoms with Crippen molar-refractivity contribution in [2.45, 2.75) is 6.42 Å². The van der Waals surface area contributed by atoms with Gasteiger partial charge in [-0.2, -0.15) is 15.8 Å². The summed E-state index contributed by atoms with van der Waals surface area (Å²) < 4.78 is 4.47. The van der Waals surface area contributed by atoms with Crippen LogP contribution in [0, 0.1) is 39.9 Å². The van der Waals surface area contributed by atoms with Gasteiger partial charge in [-0.05, 0) is 83.3 Å². The van der Waals surface area contributed by atoms with Gasteiger partial charge in [0.05, 0.1) is 57.1 Å². The van der Waals surface area contributed by atoms with Gasteiger partial charge >= 0.3 is 0 Å². The SMILES string of the molecule is N#Cc1ccc(-c2ccccc2-n2c3c(c4ccccc42)CC(C#N)C=C3)c(-c2ccc(C#N)c(-n3c4ccccc4c4ccccc43)c2)c1. The summed E-state index contributed by atoms with van der Waals surface area (Å²) in [4.78, 5) is 0. The molecular weight excluding hydrogens is 611 g/mol. The monoisotopic (exact) mass is 637 g/mol. The fourth-order valence-corrected chi connectivity index (χ4v) is 7.70. The predicted molar refractivity (Wildman–Crippen MR) is 200 cm³/mol. The zero-order chi connectivity index (χ0) is 33.8. The van der Waals surface area contributed by atoms with Crippen molar-refractivity contribution in [2.24, 2.45) is 5.92 Å². The van der Waals surface area contributed by atoms with E-state index >= 15 is 0 Å². The third-order valence-corrected chi connectivity index (χ3v) is 9.93. The molecule has 0 bridgehead atoms. The molecule has 0 aliphatic heterocycles. The number of rotatable bonds is 4. The van der Waals surface area contributed by atoms with Crippen LogP contribution in [0.4, 0.5) is 0 Å². The maximum atomic E-state index is 10.4. The molecule has 0 spiro atoms. The van der Waals surface area contributed by atoms with Crippen LogP contribution in [0.15, 0.2) is 140 Å². The molecular formula is C45H27N5. The van der Waals surface area contributed by atoms with Crippen molar-refractivity contribution in [3.63, 3.8) is 0 Å². The average Bonchev–Trinajstić information content (AvgIpc) is 3.70. The van der Waals surface area contributed by atoms with Crippen LogP contribution in [0.3, 0.4) is 0 Å². The summed E-state index contributed by atoms with van der Waals surface area (Å²) in [6.45, 7) is 0. The van der Waals surface area contributed by atoms with E-state index < -0.39 is 0 Å². The lowest BCUT2D eigenvalue weighted by Crippen LogP contribution is -2.07. The molecule has 0 saturated heterocycles. The van der Waals surface area contributed by atoms with Crippen LogP contribution in [-0.2, 0) is 6.42 Å². The predicted octanol–water partition coefficient (Wildman–Crippen LogP) is 10.5. The van der Waals surface area contributed by atoms with E-state index in [0.29, 0.717) is 17.5 Å². The minimum Gasteiger partial charge on any atom is -0.309 e. The summed E-state index contributed by atoms with van der Waals surface area (Å²) >= 11 is 0. The fraction of sp³-hybridized carbons (Fsp3) is 0.0444.